The summed E-state index contributed by atoms with van der Waals surface area (Å²) in [6.07, 6.45) is -5.64. The lowest BCUT2D eigenvalue weighted by Crippen LogP contribution is -2.29. The number of rotatable bonds is 4. The highest BCUT2D eigenvalue weighted by atomic mass is 19.4. The van der Waals surface area contributed by atoms with Crippen LogP contribution in [-0.4, -0.2) is 12.1 Å². The van der Waals surface area contributed by atoms with Crippen LogP contribution in [0.1, 0.15) is 18.1 Å². The minimum Gasteiger partial charge on any atom is -0.479 e. The van der Waals surface area contributed by atoms with Gasteiger partial charge in [0.15, 0.2) is 6.10 Å². The van der Waals surface area contributed by atoms with Crippen molar-refractivity contribution in [1.29, 1.82) is 0 Å². The Morgan fingerprint density at radius 3 is 2.43 bits per heavy atom. The van der Waals surface area contributed by atoms with Crippen molar-refractivity contribution in [2.45, 2.75) is 26.1 Å². The molecule has 0 saturated heterocycles. The zero-order valence-electron chi connectivity index (χ0n) is 12.6. The number of alkyl halides is 3. The fourth-order valence-electron chi connectivity index (χ4n) is 1.92. The lowest BCUT2D eigenvalue weighted by molar-refractivity contribution is -0.146. The Kier molecular flexibility index (Phi) is 4.93. The Bertz CT molecular complexity index is 695. The third-order valence-corrected chi connectivity index (χ3v) is 3.04. The Balaban J connectivity index is 2.10. The van der Waals surface area contributed by atoms with E-state index in [-0.39, 0.29) is 0 Å². The van der Waals surface area contributed by atoms with Gasteiger partial charge in [-0.15, -0.1) is 0 Å². The summed E-state index contributed by atoms with van der Waals surface area (Å²) in [5, 5.41) is 0. The van der Waals surface area contributed by atoms with Crippen LogP contribution in [0, 0.1) is 6.92 Å². The first-order valence-corrected chi connectivity index (χ1v) is 6.88. The van der Waals surface area contributed by atoms with Crippen LogP contribution in [0.3, 0.4) is 0 Å². The van der Waals surface area contributed by atoms with Crippen LogP contribution in [0.4, 0.5) is 13.2 Å². The SMILES string of the molecule is Cc1cccc(OC(C)C(=O)Oc2ccccc2C(F)(F)F)c1. The zero-order valence-corrected chi connectivity index (χ0v) is 12.6. The molecule has 2 aromatic rings. The van der Waals surface area contributed by atoms with E-state index in [0.717, 1.165) is 17.7 Å². The maximum Gasteiger partial charge on any atom is 0.419 e. The molecule has 0 amide bonds. The average molecular weight is 324 g/mol. The largest absolute Gasteiger partial charge is 0.479 e. The van der Waals surface area contributed by atoms with Crippen LogP contribution >= 0.6 is 0 Å². The quantitative estimate of drug-likeness (QED) is 0.618. The predicted octanol–water partition coefficient (Wildman–Crippen LogP) is 4.39. The molecule has 3 nitrogen and oxygen atoms in total. The Morgan fingerprint density at radius 2 is 1.78 bits per heavy atom. The van der Waals surface area contributed by atoms with Gasteiger partial charge in [-0.25, -0.2) is 4.79 Å². The maximum atomic E-state index is 12.9. The maximum absolute atomic E-state index is 12.9. The molecule has 2 aromatic carbocycles. The molecule has 0 heterocycles. The lowest BCUT2D eigenvalue weighted by atomic mass is 10.2. The molecule has 0 saturated carbocycles. The van der Waals surface area contributed by atoms with Gasteiger partial charge in [-0.05, 0) is 43.7 Å². The fraction of sp³-hybridized carbons (Fsp3) is 0.235. The van der Waals surface area contributed by atoms with Gasteiger partial charge in [0.05, 0.1) is 5.56 Å². The number of aryl methyl sites for hydroxylation is 1. The van der Waals surface area contributed by atoms with Crippen LogP contribution in [-0.2, 0) is 11.0 Å². The summed E-state index contributed by atoms with van der Waals surface area (Å²) in [5.74, 6) is -0.994. The van der Waals surface area contributed by atoms with Gasteiger partial charge >= 0.3 is 12.1 Å². The van der Waals surface area contributed by atoms with Crippen molar-refractivity contribution in [3.63, 3.8) is 0 Å². The molecule has 0 N–H and O–H groups in total. The van der Waals surface area contributed by atoms with Gasteiger partial charge in [-0.1, -0.05) is 24.3 Å². The molecule has 0 fully saturated rings. The molecular weight excluding hydrogens is 309 g/mol. The number of benzene rings is 2. The van der Waals surface area contributed by atoms with Crippen LogP contribution in [0.25, 0.3) is 0 Å². The summed E-state index contributed by atoms with van der Waals surface area (Å²) in [5.41, 5.74) is -0.0680. The van der Waals surface area contributed by atoms with Gasteiger partial charge in [0, 0.05) is 0 Å². The molecular formula is C17H15F3O3. The summed E-state index contributed by atoms with van der Waals surface area (Å²) in [4.78, 5) is 12.0. The number of para-hydroxylation sites is 1. The van der Waals surface area contributed by atoms with Crippen LogP contribution < -0.4 is 9.47 Å². The summed E-state index contributed by atoms with van der Waals surface area (Å²) in [6.45, 7) is 3.27. The summed E-state index contributed by atoms with van der Waals surface area (Å²) in [6, 6.07) is 11.5. The number of ether oxygens (including phenoxy) is 2. The van der Waals surface area contributed by atoms with Crippen LogP contribution in [0.2, 0.25) is 0 Å². The van der Waals surface area contributed by atoms with Crippen molar-refractivity contribution >= 4 is 5.97 Å². The predicted molar refractivity (Wildman–Crippen MR) is 78.3 cm³/mol. The minimum absolute atomic E-state index is 0.443. The number of carbonyl (C=O) groups excluding carboxylic acids is 1. The third kappa shape index (κ3) is 4.48. The second kappa shape index (κ2) is 6.73. The molecule has 0 aliphatic heterocycles. The number of esters is 1. The molecule has 2 rings (SSSR count). The fourth-order valence-corrected chi connectivity index (χ4v) is 1.92. The highest BCUT2D eigenvalue weighted by Gasteiger charge is 2.35. The van der Waals surface area contributed by atoms with E-state index in [4.69, 9.17) is 9.47 Å². The minimum atomic E-state index is -4.60. The van der Waals surface area contributed by atoms with Gasteiger partial charge in [0.2, 0.25) is 0 Å². The molecule has 0 radical (unpaired) electrons. The molecule has 0 aliphatic carbocycles. The number of hydrogen-bond acceptors (Lipinski definition) is 3. The molecule has 1 atom stereocenters. The van der Waals surface area contributed by atoms with Crippen LogP contribution in [0.5, 0.6) is 11.5 Å². The lowest BCUT2D eigenvalue weighted by Gasteiger charge is -2.16. The second-order valence-electron chi connectivity index (χ2n) is 4.99. The van der Waals surface area contributed by atoms with Gasteiger partial charge in [-0.2, -0.15) is 13.2 Å². The first-order valence-electron chi connectivity index (χ1n) is 6.88. The monoisotopic (exact) mass is 324 g/mol. The Labute approximate surface area is 131 Å². The average Bonchev–Trinajstić information content (AvgIpc) is 2.46. The smallest absolute Gasteiger partial charge is 0.419 e. The highest BCUT2D eigenvalue weighted by molar-refractivity contribution is 5.77. The van der Waals surface area contributed by atoms with E-state index in [2.05, 4.69) is 0 Å². The van der Waals surface area contributed by atoms with E-state index in [9.17, 15) is 18.0 Å². The molecule has 0 bridgehead atoms. The van der Waals surface area contributed by atoms with E-state index < -0.39 is 29.6 Å². The van der Waals surface area contributed by atoms with E-state index in [1.54, 1.807) is 18.2 Å². The number of carbonyl (C=O) groups is 1. The number of hydrogen-bond donors (Lipinski definition) is 0. The highest BCUT2D eigenvalue weighted by Crippen LogP contribution is 2.36. The summed E-state index contributed by atoms with van der Waals surface area (Å²) < 4.78 is 48.9. The molecule has 23 heavy (non-hydrogen) atoms. The number of halogens is 3. The molecule has 0 aromatic heterocycles. The molecule has 0 aliphatic rings. The van der Waals surface area contributed by atoms with Gasteiger partial charge in [0.25, 0.3) is 0 Å². The second-order valence-corrected chi connectivity index (χ2v) is 4.99. The summed E-state index contributed by atoms with van der Waals surface area (Å²) >= 11 is 0. The van der Waals surface area contributed by atoms with Crippen molar-refractivity contribution in [2.24, 2.45) is 0 Å². The van der Waals surface area contributed by atoms with E-state index in [1.165, 1.54) is 19.1 Å². The normalized spacial score (nSPS) is 12.6. The van der Waals surface area contributed by atoms with Crippen molar-refractivity contribution in [2.75, 3.05) is 0 Å². The Morgan fingerprint density at radius 1 is 1.09 bits per heavy atom. The summed E-state index contributed by atoms with van der Waals surface area (Å²) in [7, 11) is 0. The van der Waals surface area contributed by atoms with E-state index in [1.807, 2.05) is 13.0 Å². The third-order valence-electron chi connectivity index (χ3n) is 3.04. The van der Waals surface area contributed by atoms with Crippen molar-refractivity contribution in [3.8, 4) is 11.5 Å². The molecule has 0 spiro atoms. The zero-order chi connectivity index (χ0) is 17.0. The topological polar surface area (TPSA) is 35.5 Å². The Hall–Kier alpha value is -2.50. The van der Waals surface area contributed by atoms with Crippen molar-refractivity contribution in [1.82, 2.24) is 0 Å². The van der Waals surface area contributed by atoms with Crippen molar-refractivity contribution < 1.29 is 27.4 Å². The molecule has 1 unspecified atom stereocenters. The first kappa shape index (κ1) is 16.9. The standard InChI is InChI=1S/C17H15F3O3/c1-11-6-5-7-13(10-11)22-12(2)16(21)23-15-9-4-3-8-14(15)17(18,19)20/h3-10,12H,1-2H3. The molecule has 6 heteroatoms. The van der Waals surface area contributed by atoms with E-state index in [0.29, 0.717) is 5.75 Å². The molecule has 122 valence electrons. The van der Waals surface area contributed by atoms with Gasteiger partial charge in [-0.3, -0.25) is 0 Å². The van der Waals surface area contributed by atoms with Gasteiger partial charge in [0.1, 0.15) is 11.5 Å². The van der Waals surface area contributed by atoms with E-state index >= 15 is 0 Å². The van der Waals surface area contributed by atoms with Crippen molar-refractivity contribution in [3.05, 3.63) is 59.7 Å². The first-order chi connectivity index (χ1) is 10.8. The van der Waals surface area contributed by atoms with Gasteiger partial charge < -0.3 is 9.47 Å². The van der Waals surface area contributed by atoms with Crippen LogP contribution in [0.15, 0.2) is 48.5 Å².